The molecule has 1 unspecified atom stereocenters. The molecule has 4 rings (SSSR count). The number of rotatable bonds is 3. The SMILES string of the molecule is CN(C(=O)c1nnc(C2CC2)o1)C1CCCc2c1cnn2C. The van der Waals surface area contributed by atoms with Crippen LogP contribution in [0.2, 0.25) is 0 Å². The number of hydrogen-bond acceptors (Lipinski definition) is 5. The molecule has 0 N–H and O–H groups in total. The van der Waals surface area contributed by atoms with E-state index < -0.39 is 0 Å². The summed E-state index contributed by atoms with van der Waals surface area (Å²) < 4.78 is 7.44. The Kier molecular flexibility index (Phi) is 3.02. The average Bonchev–Trinajstić information content (AvgIpc) is 3.15. The molecule has 1 saturated carbocycles. The van der Waals surface area contributed by atoms with Gasteiger partial charge in [0, 0.05) is 31.3 Å². The fourth-order valence-electron chi connectivity index (χ4n) is 3.19. The molecule has 7 nitrogen and oxygen atoms in total. The molecule has 2 aromatic rings. The first-order valence-corrected chi connectivity index (χ1v) is 7.76. The van der Waals surface area contributed by atoms with E-state index >= 15 is 0 Å². The van der Waals surface area contributed by atoms with E-state index in [-0.39, 0.29) is 17.8 Å². The molecule has 1 amide bonds. The molecule has 2 aliphatic rings. The molecule has 2 heterocycles. The molecule has 2 aromatic heterocycles. The van der Waals surface area contributed by atoms with Crippen LogP contribution in [0.25, 0.3) is 0 Å². The van der Waals surface area contributed by atoms with Crippen LogP contribution in [0.15, 0.2) is 10.6 Å². The van der Waals surface area contributed by atoms with Gasteiger partial charge in [-0.25, -0.2) is 0 Å². The number of amides is 1. The molecule has 0 radical (unpaired) electrons. The normalized spacial score (nSPS) is 20.7. The maximum Gasteiger partial charge on any atom is 0.311 e. The van der Waals surface area contributed by atoms with Crippen molar-refractivity contribution >= 4 is 5.91 Å². The van der Waals surface area contributed by atoms with Gasteiger partial charge in [0.05, 0.1) is 12.2 Å². The van der Waals surface area contributed by atoms with E-state index in [0.717, 1.165) is 37.7 Å². The lowest BCUT2D eigenvalue weighted by Gasteiger charge is -2.30. The lowest BCUT2D eigenvalue weighted by atomic mass is 9.92. The summed E-state index contributed by atoms with van der Waals surface area (Å²) in [6, 6.07) is 0.0289. The van der Waals surface area contributed by atoms with E-state index in [1.807, 2.05) is 17.9 Å². The number of hydrogen-bond donors (Lipinski definition) is 0. The highest BCUT2D eigenvalue weighted by molar-refractivity contribution is 5.89. The lowest BCUT2D eigenvalue weighted by Crippen LogP contribution is -2.33. The van der Waals surface area contributed by atoms with Gasteiger partial charge in [0.2, 0.25) is 5.89 Å². The van der Waals surface area contributed by atoms with E-state index in [1.54, 1.807) is 11.9 Å². The topological polar surface area (TPSA) is 77.1 Å². The lowest BCUT2D eigenvalue weighted by molar-refractivity contribution is 0.0672. The quantitative estimate of drug-likeness (QED) is 0.864. The molecule has 0 bridgehead atoms. The zero-order valence-corrected chi connectivity index (χ0v) is 12.8. The Morgan fingerprint density at radius 1 is 1.36 bits per heavy atom. The molecule has 2 aliphatic carbocycles. The van der Waals surface area contributed by atoms with E-state index in [2.05, 4.69) is 15.3 Å². The predicted molar refractivity (Wildman–Crippen MR) is 77.3 cm³/mol. The van der Waals surface area contributed by atoms with E-state index in [0.29, 0.717) is 11.8 Å². The summed E-state index contributed by atoms with van der Waals surface area (Å²) in [6.45, 7) is 0. The molecule has 0 saturated heterocycles. The number of nitrogens with zero attached hydrogens (tertiary/aromatic N) is 5. The maximum absolute atomic E-state index is 12.6. The van der Waals surface area contributed by atoms with Crippen LogP contribution in [0.1, 0.15) is 65.5 Å². The van der Waals surface area contributed by atoms with Gasteiger partial charge in [-0.1, -0.05) is 0 Å². The first-order chi connectivity index (χ1) is 10.6. The summed E-state index contributed by atoms with van der Waals surface area (Å²) in [4.78, 5) is 14.3. The minimum absolute atomic E-state index is 0.0289. The van der Waals surface area contributed by atoms with Crippen LogP contribution < -0.4 is 0 Å². The van der Waals surface area contributed by atoms with Crippen molar-refractivity contribution in [1.82, 2.24) is 24.9 Å². The van der Waals surface area contributed by atoms with Crippen LogP contribution in [0.5, 0.6) is 0 Å². The summed E-state index contributed by atoms with van der Waals surface area (Å²) in [7, 11) is 3.75. The molecule has 1 fully saturated rings. The maximum atomic E-state index is 12.6. The van der Waals surface area contributed by atoms with Crippen LogP contribution in [0.3, 0.4) is 0 Å². The molecule has 0 aromatic carbocycles. The van der Waals surface area contributed by atoms with Crippen LogP contribution >= 0.6 is 0 Å². The number of carbonyl (C=O) groups excluding carboxylic acids is 1. The summed E-state index contributed by atoms with van der Waals surface area (Å²) in [5.74, 6) is 0.850. The Hall–Kier alpha value is -2.18. The minimum Gasteiger partial charge on any atom is -0.417 e. The van der Waals surface area contributed by atoms with Crippen molar-refractivity contribution in [2.45, 2.75) is 44.1 Å². The minimum atomic E-state index is -0.207. The van der Waals surface area contributed by atoms with Crippen molar-refractivity contribution in [1.29, 1.82) is 0 Å². The fourth-order valence-corrected chi connectivity index (χ4v) is 3.19. The van der Waals surface area contributed by atoms with Crippen LogP contribution in [0.4, 0.5) is 0 Å². The zero-order valence-electron chi connectivity index (χ0n) is 12.8. The largest absolute Gasteiger partial charge is 0.417 e. The van der Waals surface area contributed by atoms with Gasteiger partial charge in [-0.05, 0) is 32.1 Å². The van der Waals surface area contributed by atoms with Gasteiger partial charge in [-0.2, -0.15) is 5.10 Å². The van der Waals surface area contributed by atoms with Gasteiger partial charge in [0.1, 0.15) is 0 Å². The second-order valence-corrected chi connectivity index (χ2v) is 6.21. The highest BCUT2D eigenvalue weighted by Crippen LogP contribution is 2.39. The van der Waals surface area contributed by atoms with Crippen LogP contribution in [-0.4, -0.2) is 37.8 Å². The fraction of sp³-hybridized carbons (Fsp3) is 0.600. The van der Waals surface area contributed by atoms with E-state index in [4.69, 9.17) is 4.42 Å². The Labute approximate surface area is 128 Å². The van der Waals surface area contributed by atoms with E-state index in [1.165, 1.54) is 5.69 Å². The zero-order chi connectivity index (χ0) is 15.3. The Morgan fingerprint density at radius 3 is 2.95 bits per heavy atom. The Bertz CT molecular complexity index is 715. The van der Waals surface area contributed by atoms with Crippen molar-refractivity contribution in [2.75, 3.05) is 7.05 Å². The van der Waals surface area contributed by atoms with Gasteiger partial charge in [0.25, 0.3) is 0 Å². The van der Waals surface area contributed by atoms with Gasteiger partial charge >= 0.3 is 11.8 Å². The molecular weight excluding hydrogens is 282 g/mol. The number of fused-ring (bicyclic) bond motifs is 1. The number of aromatic nitrogens is 4. The van der Waals surface area contributed by atoms with Gasteiger partial charge in [0.15, 0.2) is 0 Å². The first-order valence-electron chi connectivity index (χ1n) is 7.76. The van der Waals surface area contributed by atoms with Crippen molar-refractivity contribution < 1.29 is 9.21 Å². The van der Waals surface area contributed by atoms with Crippen LogP contribution in [-0.2, 0) is 13.5 Å². The van der Waals surface area contributed by atoms with Crippen LogP contribution in [0, 0.1) is 0 Å². The molecule has 22 heavy (non-hydrogen) atoms. The Morgan fingerprint density at radius 2 is 2.18 bits per heavy atom. The molecule has 0 aliphatic heterocycles. The third kappa shape index (κ3) is 2.12. The highest BCUT2D eigenvalue weighted by Gasteiger charge is 2.34. The van der Waals surface area contributed by atoms with Gasteiger partial charge < -0.3 is 9.32 Å². The monoisotopic (exact) mass is 301 g/mol. The first kappa shape index (κ1) is 13.5. The van der Waals surface area contributed by atoms with Crippen molar-refractivity contribution in [3.63, 3.8) is 0 Å². The Balaban J connectivity index is 1.58. The second-order valence-electron chi connectivity index (χ2n) is 6.21. The summed E-state index contributed by atoms with van der Waals surface area (Å²) >= 11 is 0. The standard InChI is InChI=1S/C15H19N5O2/c1-19(11-4-3-5-12-10(11)8-16-20(12)2)15(21)14-18-17-13(22-14)9-6-7-9/h8-9,11H,3-7H2,1-2H3. The second kappa shape index (κ2) is 4.93. The smallest absolute Gasteiger partial charge is 0.311 e. The summed E-state index contributed by atoms with van der Waals surface area (Å²) in [5.41, 5.74) is 2.34. The third-order valence-electron chi connectivity index (χ3n) is 4.68. The van der Waals surface area contributed by atoms with Gasteiger partial charge in [-0.15, -0.1) is 10.2 Å². The number of carbonyl (C=O) groups is 1. The predicted octanol–water partition coefficient (Wildman–Crippen LogP) is 1.83. The summed E-state index contributed by atoms with van der Waals surface area (Å²) in [6.07, 6.45) is 7.01. The van der Waals surface area contributed by atoms with Gasteiger partial charge in [-0.3, -0.25) is 9.48 Å². The highest BCUT2D eigenvalue weighted by atomic mass is 16.4. The summed E-state index contributed by atoms with van der Waals surface area (Å²) in [5, 5.41) is 12.2. The molecular formula is C15H19N5O2. The molecule has 0 spiro atoms. The van der Waals surface area contributed by atoms with E-state index in [9.17, 15) is 4.79 Å². The van der Waals surface area contributed by atoms with Crippen molar-refractivity contribution in [3.05, 3.63) is 29.2 Å². The molecule has 7 heteroatoms. The van der Waals surface area contributed by atoms with Crippen molar-refractivity contribution in [3.8, 4) is 0 Å². The number of aryl methyl sites for hydroxylation is 1. The third-order valence-corrected chi connectivity index (χ3v) is 4.68. The average molecular weight is 301 g/mol. The molecule has 116 valence electrons. The van der Waals surface area contributed by atoms with Crippen molar-refractivity contribution in [2.24, 2.45) is 7.05 Å². The molecule has 1 atom stereocenters.